The molecular weight excluding hydrogens is 304 g/mol. The van der Waals surface area contributed by atoms with Crippen LogP contribution in [-0.4, -0.2) is 58.8 Å². The second-order valence-corrected chi connectivity index (χ2v) is 4.36. The quantitative estimate of drug-likeness (QED) is 0.427. The van der Waals surface area contributed by atoms with E-state index in [1.165, 1.54) is 0 Å². The molecule has 4 N–H and O–H groups in total. The molecule has 0 bridgehead atoms. The van der Waals surface area contributed by atoms with Crippen LogP contribution in [0.25, 0.3) is 0 Å². The topological polar surface area (TPSA) is 124 Å². The second kappa shape index (κ2) is 12.3. The molecule has 0 aliphatic heterocycles. The maximum atomic E-state index is 11.2. The van der Waals surface area contributed by atoms with Gasteiger partial charge in [0.25, 0.3) is 0 Å². The first-order valence-electron chi connectivity index (χ1n) is 7.00. The van der Waals surface area contributed by atoms with Crippen molar-refractivity contribution in [2.75, 3.05) is 26.4 Å². The molecule has 128 valence electrons. The number of carboxylic acid groups (broad SMARTS) is 1. The molecule has 23 heavy (non-hydrogen) atoms. The summed E-state index contributed by atoms with van der Waals surface area (Å²) in [5.74, 6) is -1.57. The van der Waals surface area contributed by atoms with Crippen molar-refractivity contribution in [3.63, 3.8) is 0 Å². The summed E-state index contributed by atoms with van der Waals surface area (Å²) in [5, 5.41) is 34.8. The lowest BCUT2D eigenvalue weighted by atomic mass is 10.1. The van der Waals surface area contributed by atoms with Gasteiger partial charge in [0, 0.05) is 0 Å². The van der Waals surface area contributed by atoms with E-state index < -0.39 is 31.8 Å². The molecule has 0 amide bonds. The first-order valence-corrected chi connectivity index (χ1v) is 7.00. The lowest BCUT2D eigenvalue weighted by Gasteiger charge is -2.08. The van der Waals surface area contributed by atoms with E-state index in [9.17, 15) is 9.59 Å². The van der Waals surface area contributed by atoms with Gasteiger partial charge in [-0.1, -0.05) is 25.1 Å². The summed E-state index contributed by atoms with van der Waals surface area (Å²) in [4.78, 5) is 21.4. The fourth-order valence-electron chi connectivity index (χ4n) is 1.42. The van der Waals surface area contributed by atoms with Crippen LogP contribution in [0.3, 0.4) is 0 Å². The van der Waals surface area contributed by atoms with Crippen LogP contribution in [0.4, 0.5) is 0 Å². The van der Waals surface area contributed by atoms with E-state index in [4.69, 9.17) is 25.2 Å². The summed E-state index contributed by atoms with van der Waals surface area (Å²) >= 11 is 0. The first-order chi connectivity index (χ1) is 11.0. The SMILES string of the molecule is CCCOC(=O)C(CO)=C(CO)CO.O=C(O)c1ccccc1. The molecule has 0 aliphatic carbocycles. The van der Waals surface area contributed by atoms with Crippen molar-refractivity contribution in [3.05, 3.63) is 47.0 Å². The van der Waals surface area contributed by atoms with Gasteiger partial charge in [-0.05, 0) is 24.1 Å². The zero-order valence-electron chi connectivity index (χ0n) is 12.9. The molecule has 0 aliphatic rings. The minimum absolute atomic E-state index is 0.0662. The molecule has 1 rings (SSSR count). The number of carboxylic acids is 1. The highest BCUT2D eigenvalue weighted by Gasteiger charge is 2.14. The molecule has 7 nitrogen and oxygen atoms in total. The number of hydrogen-bond donors (Lipinski definition) is 4. The predicted molar refractivity (Wildman–Crippen MR) is 82.9 cm³/mol. The van der Waals surface area contributed by atoms with Gasteiger partial charge in [-0.25, -0.2) is 9.59 Å². The van der Waals surface area contributed by atoms with Crippen LogP contribution in [0.2, 0.25) is 0 Å². The van der Waals surface area contributed by atoms with Crippen molar-refractivity contribution in [2.24, 2.45) is 0 Å². The van der Waals surface area contributed by atoms with Gasteiger partial charge in [-0.2, -0.15) is 0 Å². The van der Waals surface area contributed by atoms with Crippen molar-refractivity contribution < 1.29 is 34.8 Å². The Hall–Kier alpha value is -2.22. The Morgan fingerprint density at radius 2 is 1.57 bits per heavy atom. The van der Waals surface area contributed by atoms with Crippen LogP contribution >= 0.6 is 0 Å². The molecule has 7 heteroatoms. The molecule has 1 aromatic rings. The average Bonchev–Trinajstić information content (AvgIpc) is 2.58. The van der Waals surface area contributed by atoms with Crippen molar-refractivity contribution in [3.8, 4) is 0 Å². The second-order valence-electron chi connectivity index (χ2n) is 4.36. The highest BCUT2D eigenvalue weighted by Crippen LogP contribution is 2.05. The van der Waals surface area contributed by atoms with E-state index in [1.54, 1.807) is 30.3 Å². The molecule has 0 atom stereocenters. The monoisotopic (exact) mass is 326 g/mol. The molecule has 0 aromatic heterocycles. The number of hydrogen-bond acceptors (Lipinski definition) is 6. The fourth-order valence-corrected chi connectivity index (χ4v) is 1.42. The standard InChI is InChI=1S/C9H16O5.C7H6O2/c1-2-3-14-9(13)8(6-12)7(4-10)5-11;8-7(9)6-4-2-1-3-5-6/h10-12H,2-6H2,1H3;1-5H,(H,8,9). The molecule has 1 aromatic carbocycles. The molecule has 0 fully saturated rings. The molecule has 0 radical (unpaired) electrons. The van der Waals surface area contributed by atoms with Gasteiger partial charge in [-0.15, -0.1) is 0 Å². The Balaban J connectivity index is 0.000000459. The van der Waals surface area contributed by atoms with E-state index in [2.05, 4.69) is 0 Å². The number of aliphatic hydroxyl groups is 3. The van der Waals surface area contributed by atoms with E-state index >= 15 is 0 Å². The lowest BCUT2D eigenvalue weighted by molar-refractivity contribution is -0.139. The van der Waals surface area contributed by atoms with Crippen LogP contribution in [-0.2, 0) is 9.53 Å². The summed E-state index contributed by atoms with van der Waals surface area (Å²) < 4.78 is 4.75. The smallest absolute Gasteiger partial charge is 0.336 e. The predicted octanol–water partition coefficient (Wildman–Crippen LogP) is 0.598. The number of aromatic carboxylic acids is 1. The van der Waals surface area contributed by atoms with Gasteiger partial charge in [0.05, 0.1) is 37.6 Å². The number of aliphatic hydroxyl groups excluding tert-OH is 3. The van der Waals surface area contributed by atoms with Crippen molar-refractivity contribution >= 4 is 11.9 Å². The van der Waals surface area contributed by atoms with Crippen LogP contribution in [0.15, 0.2) is 41.5 Å². The Morgan fingerprint density at radius 1 is 1.00 bits per heavy atom. The highest BCUT2D eigenvalue weighted by molar-refractivity contribution is 5.89. The number of benzene rings is 1. The largest absolute Gasteiger partial charge is 0.478 e. The minimum atomic E-state index is -0.879. The number of rotatable bonds is 7. The summed E-state index contributed by atoms with van der Waals surface area (Å²) in [6.45, 7) is 0.626. The average molecular weight is 326 g/mol. The minimum Gasteiger partial charge on any atom is -0.478 e. The summed E-state index contributed by atoms with van der Waals surface area (Å²) in [6.07, 6.45) is 0.679. The third-order valence-electron chi connectivity index (χ3n) is 2.67. The van der Waals surface area contributed by atoms with Crippen LogP contribution in [0.5, 0.6) is 0 Å². The first kappa shape index (κ1) is 20.8. The van der Waals surface area contributed by atoms with E-state index in [-0.39, 0.29) is 17.8 Å². The summed E-state index contributed by atoms with van der Waals surface area (Å²) in [5.41, 5.74) is 0.356. The molecular formula is C16H22O7. The maximum absolute atomic E-state index is 11.2. The third-order valence-corrected chi connectivity index (χ3v) is 2.67. The maximum Gasteiger partial charge on any atom is 0.336 e. The van der Waals surface area contributed by atoms with Crippen molar-refractivity contribution in [2.45, 2.75) is 13.3 Å². The van der Waals surface area contributed by atoms with Gasteiger partial charge >= 0.3 is 11.9 Å². The Morgan fingerprint density at radius 3 is 1.91 bits per heavy atom. The lowest BCUT2D eigenvalue weighted by Crippen LogP contribution is -2.17. The van der Waals surface area contributed by atoms with Crippen LogP contribution in [0, 0.1) is 0 Å². The molecule has 0 unspecified atom stereocenters. The van der Waals surface area contributed by atoms with Gasteiger partial charge in [-0.3, -0.25) is 0 Å². The third kappa shape index (κ3) is 8.10. The van der Waals surface area contributed by atoms with Crippen LogP contribution in [0.1, 0.15) is 23.7 Å². The number of carbonyl (C=O) groups is 2. The fraction of sp³-hybridized carbons (Fsp3) is 0.375. The Bertz CT molecular complexity index is 502. The Labute approximate surface area is 134 Å². The zero-order valence-corrected chi connectivity index (χ0v) is 12.9. The van der Waals surface area contributed by atoms with Gasteiger partial charge in [0.1, 0.15) is 0 Å². The van der Waals surface area contributed by atoms with Gasteiger partial charge < -0.3 is 25.2 Å². The molecule has 0 saturated carbocycles. The van der Waals surface area contributed by atoms with Crippen molar-refractivity contribution in [1.82, 2.24) is 0 Å². The highest BCUT2D eigenvalue weighted by atomic mass is 16.5. The number of ether oxygens (including phenoxy) is 1. The van der Waals surface area contributed by atoms with E-state index in [0.29, 0.717) is 12.0 Å². The van der Waals surface area contributed by atoms with Crippen molar-refractivity contribution in [1.29, 1.82) is 0 Å². The van der Waals surface area contributed by atoms with Gasteiger partial charge in [0.2, 0.25) is 0 Å². The zero-order chi connectivity index (χ0) is 17.7. The summed E-state index contributed by atoms with van der Waals surface area (Å²) in [7, 11) is 0. The molecule has 0 saturated heterocycles. The normalized spacial score (nSPS) is 9.39. The van der Waals surface area contributed by atoms with Crippen LogP contribution < -0.4 is 0 Å². The number of carbonyl (C=O) groups excluding carboxylic acids is 1. The van der Waals surface area contributed by atoms with Gasteiger partial charge in [0.15, 0.2) is 0 Å². The molecule has 0 heterocycles. The Kier molecular flexibility index (Phi) is 11.1. The van der Waals surface area contributed by atoms with E-state index in [1.807, 2.05) is 6.92 Å². The number of esters is 1. The molecule has 0 spiro atoms. The summed E-state index contributed by atoms with van der Waals surface area (Å²) in [6, 6.07) is 8.30. The van der Waals surface area contributed by atoms with E-state index in [0.717, 1.165) is 0 Å².